The molecule has 0 saturated heterocycles. The summed E-state index contributed by atoms with van der Waals surface area (Å²) in [5.74, 6) is -1.89. The van der Waals surface area contributed by atoms with Crippen molar-refractivity contribution in [3.8, 4) is 0 Å². The van der Waals surface area contributed by atoms with Crippen LogP contribution in [0.4, 0.5) is 0 Å². The highest BCUT2D eigenvalue weighted by Gasteiger charge is 2.35. The van der Waals surface area contributed by atoms with Crippen LogP contribution >= 0.6 is 0 Å². The first-order valence-corrected chi connectivity index (χ1v) is 9.37. The minimum Gasteiger partial charge on any atom is -0.451 e. The van der Waals surface area contributed by atoms with Crippen molar-refractivity contribution in [3.63, 3.8) is 0 Å². The number of unbranched alkanes of at least 4 members (excludes halogenated alkanes) is 8. The summed E-state index contributed by atoms with van der Waals surface area (Å²) in [6, 6.07) is 0. The van der Waals surface area contributed by atoms with Crippen molar-refractivity contribution in [1.82, 2.24) is 0 Å². The zero-order valence-corrected chi connectivity index (χ0v) is 15.8. The Balaban J connectivity index is 4.01. The van der Waals surface area contributed by atoms with E-state index in [0.29, 0.717) is 6.42 Å². The molecular formula is C19H34O6. The van der Waals surface area contributed by atoms with E-state index in [1.807, 2.05) is 0 Å². The molecule has 0 bridgehead atoms. The highest BCUT2D eigenvalue weighted by Crippen LogP contribution is 2.13. The Morgan fingerprint density at radius 1 is 0.800 bits per heavy atom. The molecule has 0 fully saturated rings. The monoisotopic (exact) mass is 358 g/mol. The van der Waals surface area contributed by atoms with Crippen LogP contribution in [0.5, 0.6) is 0 Å². The lowest BCUT2D eigenvalue weighted by Gasteiger charge is -2.23. The number of carbonyl (C=O) groups excluding carboxylic acids is 3. The highest BCUT2D eigenvalue weighted by molar-refractivity contribution is 5.87. The number of Topliss-reactive ketones (excluding diaryl/α,β-unsaturated/α-hetero) is 2. The zero-order valence-electron chi connectivity index (χ0n) is 15.8. The van der Waals surface area contributed by atoms with E-state index in [9.17, 15) is 24.6 Å². The maximum Gasteiger partial charge on any atom is 0.306 e. The van der Waals surface area contributed by atoms with Crippen LogP contribution in [0.3, 0.4) is 0 Å². The molecule has 0 aliphatic rings. The normalized spacial score (nSPS) is 14.6. The Bertz CT molecular complexity index is 407. The molecule has 0 aromatic carbocycles. The zero-order chi connectivity index (χ0) is 19.2. The average molecular weight is 358 g/mol. The lowest BCUT2D eigenvalue weighted by atomic mass is 10.0. The molecule has 146 valence electrons. The highest BCUT2D eigenvalue weighted by atomic mass is 16.6. The molecule has 0 amide bonds. The fourth-order valence-corrected chi connectivity index (χ4v) is 2.58. The number of rotatable bonds is 15. The number of hydrogen-bond acceptors (Lipinski definition) is 6. The van der Waals surface area contributed by atoms with E-state index < -0.39 is 35.8 Å². The fraction of sp³-hybridized carbons (Fsp3) is 0.842. The van der Waals surface area contributed by atoms with Crippen molar-refractivity contribution in [2.75, 3.05) is 0 Å². The van der Waals surface area contributed by atoms with Gasteiger partial charge in [-0.25, -0.2) is 0 Å². The second-order valence-electron chi connectivity index (χ2n) is 6.65. The van der Waals surface area contributed by atoms with E-state index in [4.69, 9.17) is 4.74 Å². The van der Waals surface area contributed by atoms with Gasteiger partial charge in [-0.3, -0.25) is 14.4 Å². The van der Waals surface area contributed by atoms with Gasteiger partial charge in [0, 0.05) is 6.42 Å². The summed E-state index contributed by atoms with van der Waals surface area (Å²) in [5, 5.41) is 19.4. The number of aliphatic hydroxyl groups excluding tert-OH is 2. The second-order valence-corrected chi connectivity index (χ2v) is 6.65. The van der Waals surface area contributed by atoms with Gasteiger partial charge in [0.25, 0.3) is 0 Å². The molecular weight excluding hydrogens is 324 g/mol. The van der Waals surface area contributed by atoms with E-state index >= 15 is 0 Å². The predicted octanol–water partition coefficient (Wildman–Crippen LogP) is 2.72. The van der Waals surface area contributed by atoms with Gasteiger partial charge in [-0.2, -0.15) is 0 Å². The first-order valence-electron chi connectivity index (χ1n) is 9.37. The molecule has 3 atom stereocenters. The molecule has 25 heavy (non-hydrogen) atoms. The Morgan fingerprint density at radius 2 is 1.28 bits per heavy atom. The fourth-order valence-electron chi connectivity index (χ4n) is 2.58. The minimum atomic E-state index is -1.74. The van der Waals surface area contributed by atoms with Crippen molar-refractivity contribution < 1.29 is 29.3 Å². The van der Waals surface area contributed by atoms with Gasteiger partial charge in [0.05, 0.1) is 0 Å². The van der Waals surface area contributed by atoms with E-state index in [0.717, 1.165) is 33.1 Å². The van der Waals surface area contributed by atoms with Gasteiger partial charge in [-0.05, 0) is 20.3 Å². The molecule has 2 N–H and O–H groups in total. The Kier molecular flexibility index (Phi) is 13.2. The molecule has 6 nitrogen and oxygen atoms in total. The smallest absolute Gasteiger partial charge is 0.306 e. The van der Waals surface area contributed by atoms with Crippen LogP contribution in [0, 0.1) is 0 Å². The van der Waals surface area contributed by atoms with Crippen LogP contribution in [0.15, 0.2) is 0 Å². The van der Waals surface area contributed by atoms with Crippen LogP contribution in [-0.2, 0) is 19.1 Å². The van der Waals surface area contributed by atoms with E-state index in [1.165, 1.54) is 32.1 Å². The summed E-state index contributed by atoms with van der Waals surface area (Å²) >= 11 is 0. The first-order chi connectivity index (χ1) is 11.8. The van der Waals surface area contributed by atoms with Gasteiger partial charge in [-0.15, -0.1) is 0 Å². The second kappa shape index (κ2) is 14.0. The van der Waals surface area contributed by atoms with Gasteiger partial charge in [0.2, 0.25) is 0 Å². The largest absolute Gasteiger partial charge is 0.451 e. The van der Waals surface area contributed by atoms with Gasteiger partial charge < -0.3 is 14.9 Å². The van der Waals surface area contributed by atoms with Crippen molar-refractivity contribution >= 4 is 17.5 Å². The summed E-state index contributed by atoms with van der Waals surface area (Å²) in [7, 11) is 0. The number of hydrogen-bond donors (Lipinski definition) is 2. The van der Waals surface area contributed by atoms with E-state index in [1.54, 1.807) is 0 Å². The Morgan fingerprint density at radius 3 is 1.72 bits per heavy atom. The molecule has 0 aliphatic heterocycles. The van der Waals surface area contributed by atoms with Crippen LogP contribution in [0.2, 0.25) is 0 Å². The Hall–Kier alpha value is -1.27. The third-order valence-electron chi connectivity index (χ3n) is 4.19. The standard InChI is InChI=1S/C19H34O6/c1-4-5-6-7-8-9-10-11-12-13-16(22)25-19(15(3)21)18(24)17(23)14(2)20/h17-19,23-24H,4-13H2,1-3H3. The summed E-state index contributed by atoms with van der Waals surface area (Å²) in [6.45, 7) is 4.43. The molecule has 0 aromatic heterocycles. The molecule has 0 saturated carbocycles. The Labute approximate surface area is 150 Å². The molecule has 3 unspecified atom stereocenters. The molecule has 0 heterocycles. The SMILES string of the molecule is CCCCCCCCCCCC(=O)OC(C(C)=O)C(O)C(O)C(C)=O. The number of carbonyl (C=O) groups is 3. The van der Waals surface area contributed by atoms with Crippen LogP contribution in [-0.4, -0.2) is 46.1 Å². The molecule has 0 aromatic rings. The van der Waals surface area contributed by atoms with E-state index in [-0.39, 0.29) is 6.42 Å². The number of ketones is 2. The summed E-state index contributed by atoms with van der Waals surface area (Å²) in [6.07, 6.45) is 5.22. The van der Waals surface area contributed by atoms with Crippen molar-refractivity contribution in [2.24, 2.45) is 0 Å². The van der Waals surface area contributed by atoms with Crippen LogP contribution in [0.25, 0.3) is 0 Å². The average Bonchev–Trinajstić information content (AvgIpc) is 2.56. The maximum atomic E-state index is 11.8. The maximum absolute atomic E-state index is 11.8. The quantitative estimate of drug-likeness (QED) is 0.345. The van der Waals surface area contributed by atoms with Gasteiger partial charge in [-0.1, -0.05) is 58.3 Å². The lowest BCUT2D eigenvalue weighted by molar-refractivity contribution is -0.168. The molecule has 0 radical (unpaired) electrons. The molecule has 0 rings (SSSR count). The van der Waals surface area contributed by atoms with Crippen molar-refractivity contribution in [3.05, 3.63) is 0 Å². The van der Waals surface area contributed by atoms with Crippen molar-refractivity contribution in [1.29, 1.82) is 0 Å². The number of ether oxygens (including phenoxy) is 1. The summed E-state index contributed by atoms with van der Waals surface area (Å²) in [4.78, 5) is 34.4. The van der Waals surface area contributed by atoms with E-state index in [2.05, 4.69) is 6.92 Å². The summed E-state index contributed by atoms with van der Waals surface area (Å²) < 4.78 is 4.97. The van der Waals surface area contributed by atoms with Crippen LogP contribution < -0.4 is 0 Å². The summed E-state index contributed by atoms with van der Waals surface area (Å²) in [5.41, 5.74) is 0. The van der Waals surface area contributed by atoms with Gasteiger partial charge in [0.1, 0.15) is 12.2 Å². The van der Waals surface area contributed by atoms with Crippen LogP contribution in [0.1, 0.15) is 85.0 Å². The molecule has 0 aliphatic carbocycles. The number of aliphatic hydroxyl groups is 2. The van der Waals surface area contributed by atoms with Gasteiger partial charge in [0.15, 0.2) is 17.7 Å². The van der Waals surface area contributed by atoms with Crippen molar-refractivity contribution in [2.45, 2.75) is 103 Å². The number of esters is 1. The first kappa shape index (κ1) is 23.7. The minimum absolute atomic E-state index is 0.155. The third-order valence-corrected chi connectivity index (χ3v) is 4.19. The topological polar surface area (TPSA) is 101 Å². The molecule has 6 heteroatoms. The van der Waals surface area contributed by atoms with Gasteiger partial charge >= 0.3 is 5.97 Å². The molecule has 0 spiro atoms. The predicted molar refractivity (Wildman–Crippen MR) is 95.1 cm³/mol. The lowest BCUT2D eigenvalue weighted by Crippen LogP contribution is -2.46. The third kappa shape index (κ3) is 11.1.